The van der Waals surface area contributed by atoms with E-state index < -0.39 is 0 Å². The number of ether oxygens (including phenoxy) is 1. The fourth-order valence-corrected chi connectivity index (χ4v) is 5.09. The molecule has 2 aromatic rings. The van der Waals surface area contributed by atoms with Gasteiger partial charge in [-0.3, -0.25) is 9.79 Å². The van der Waals surface area contributed by atoms with E-state index in [1.165, 1.54) is 17.3 Å². The normalized spacial score (nSPS) is 18.2. The molecule has 0 saturated carbocycles. The van der Waals surface area contributed by atoms with E-state index in [0.717, 1.165) is 53.5 Å². The number of nitrogens with one attached hydrogen (secondary N) is 1. The first kappa shape index (κ1) is 22.4. The van der Waals surface area contributed by atoms with E-state index in [2.05, 4.69) is 53.5 Å². The average molecular weight is 451 g/mol. The summed E-state index contributed by atoms with van der Waals surface area (Å²) in [6.45, 7) is 9.16. The highest BCUT2D eigenvalue weighted by atomic mass is 32.2. The zero-order valence-corrected chi connectivity index (χ0v) is 20.1. The highest BCUT2D eigenvalue weighted by Crippen LogP contribution is 2.36. The van der Waals surface area contributed by atoms with E-state index >= 15 is 0 Å². The van der Waals surface area contributed by atoms with Gasteiger partial charge in [0.25, 0.3) is 5.24 Å². The first-order valence-electron chi connectivity index (χ1n) is 11.0. The Morgan fingerprint density at radius 3 is 2.75 bits per heavy atom. The van der Waals surface area contributed by atoms with Crippen molar-refractivity contribution >= 4 is 34.2 Å². The average Bonchev–Trinajstić information content (AvgIpc) is 2.76. The topological polar surface area (TPSA) is 66.3 Å². The highest BCUT2D eigenvalue weighted by molar-refractivity contribution is 8.15. The van der Waals surface area contributed by atoms with Gasteiger partial charge in [0.2, 0.25) is 0 Å². The van der Waals surface area contributed by atoms with E-state index in [0.29, 0.717) is 0 Å². The molecule has 0 atom stereocenters. The standard InChI is InChI=1S/C25H30N4O2S/c1-16(2)26-23(19-10-6-7-11-21(19)31-5)29-14-8-9-17-15-18(12-13-20(17)29)22-25(3,4)32-24(30)28-27-22/h6-7,10-13,15-16H,8-9,14H2,1-5H3,(H,28,30)/b26-23-. The first-order valence-corrected chi connectivity index (χ1v) is 11.8. The van der Waals surface area contributed by atoms with Gasteiger partial charge in [0.1, 0.15) is 11.6 Å². The van der Waals surface area contributed by atoms with Crippen molar-refractivity contribution in [2.45, 2.75) is 51.3 Å². The van der Waals surface area contributed by atoms with Crippen LogP contribution >= 0.6 is 11.8 Å². The summed E-state index contributed by atoms with van der Waals surface area (Å²) in [6.07, 6.45) is 2.03. The number of para-hydroxylation sites is 1. The fraction of sp³-hybridized carbons (Fsp3) is 0.400. The van der Waals surface area contributed by atoms with Crippen LogP contribution in [0, 0.1) is 0 Å². The van der Waals surface area contributed by atoms with Gasteiger partial charge in [-0.15, -0.1) is 0 Å². The lowest BCUT2D eigenvalue weighted by molar-refractivity contribution is 0.260. The van der Waals surface area contributed by atoms with Gasteiger partial charge in [-0.25, -0.2) is 5.43 Å². The molecule has 1 N–H and O–H groups in total. The van der Waals surface area contributed by atoms with Crippen LogP contribution in [0.25, 0.3) is 0 Å². The number of hydrogen-bond acceptors (Lipinski definition) is 5. The largest absolute Gasteiger partial charge is 0.496 e. The van der Waals surface area contributed by atoms with Crippen molar-refractivity contribution in [3.63, 3.8) is 0 Å². The van der Waals surface area contributed by atoms with Gasteiger partial charge < -0.3 is 9.64 Å². The van der Waals surface area contributed by atoms with Gasteiger partial charge in [0.15, 0.2) is 0 Å². The van der Waals surface area contributed by atoms with Crippen LogP contribution in [0.5, 0.6) is 5.75 Å². The number of nitrogens with zero attached hydrogens (tertiary/aromatic N) is 3. The Labute approximate surface area is 194 Å². The summed E-state index contributed by atoms with van der Waals surface area (Å²) in [5, 5.41) is 4.27. The van der Waals surface area contributed by atoms with E-state index in [4.69, 9.17) is 9.73 Å². The van der Waals surface area contributed by atoms with Crippen LogP contribution < -0.4 is 15.1 Å². The van der Waals surface area contributed by atoms with Gasteiger partial charge in [0, 0.05) is 18.3 Å². The molecule has 0 bridgehead atoms. The molecule has 2 aliphatic heterocycles. The Kier molecular flexibility index (Phi) is 6.29. The van der Waals surface area contributed by atoms with Crippen molar-refractivity contribution < 1.29 is 9.53 Å². The molecule has 0 aromatic heterocycles. The smallest absolute Gasteiger partial charge is 0.300 e. The number of methoxy groups -OCH3 is 1. The molecule has 2 aliphatic rings. The Balaban J connectivity index is 1.77. The van der Waals surface area contributed by atoms with Gasteiger partial charge in [0.05, 0.1) is 23.1 Å². The molecule has 32 heavy (non-hydrogen) atoms. The van der Waals surface area contributed by atoms with Gasteiger partial charge in [-0.1, -0.05) is 30.0 Å². The van der Waals surface area contributed by atoms with E-state index in [1.807, 2.05) is 32.0 Å². The first-order chi connectivity index (χ1) is 15.3. The summed E-state index contributed by atoms with van der Waals surface area (Å²) in [5.74, 6) is 1.76. The molecule has 7 heteroatoms. The summed E-state index contributed by atoms with van der Waals surface area (Å²) < 4.78 is 5.27. The Bertz CT molecular complexity index is 1090. The van der Waals surface area contributed by atoms with Crippen LogP contribution in [0.3, 0.4) is 0 Å². The predicted molar refractivity (Wildman–Crippen MR) is 134 cm³/mol. The number of amides is 1. The maximum atomic E-state index is 11.8. The molecule has 2 heterocycles. The monoisotopic (exact) mass is 450 g/mol. The number of hydrazone groups is 1. The zero-order chi connectivity index (χ0) is 22.9. The Hall–Kier alpha value is -2.80. The molecule has 4 rings (SSSR count). The molecule has 0 spiro atoms. The summed E-state index contributed by atoms with van der Waals surface area (Å²) >= 11 is 1.27. The molecular formula is C25H30N4O2S. The second-order valence-electron chi connectivity index (χ2n) is 8.82. The summed E-state index contributed by atoms with van der Waals surface area (Å²) in [5.41, 5.74) is 7.98. The van der Waals surface area contributed by atoms with Crippen LogP contribution in [0.1, 0.15) is 50.8 Å². The zero-order valence-electron chi connectivity index (χ0n) is 19.3. The maximum absolute atomic E-state index is 11.8. The third kappa shape index (κ3) is 4.39. The van der Waals surface area contributed by atoms with E-state index in [1.54, 1.807) is 7.11 Å². The van der Waals surface area contributed by atoms with Crippen molar-refractivity contribution in [1.82, 2.24) is 5.43 Å². The molecule has 2 aromatic carbocycles. The third-order valence-corrected chi connectivity index (χ3v) is 6.61. The van der Waals surface area contributed by atoms with Crippen LogP contribution in [0.2, 0.25) is 0 Å². The minimum atomic E-state index is -0.382. The number of anilines is 1. The number of rotatable bonds is 4. The van der Waals surface area contributed by atoms with Crippen molar-refractivity contribution in [3.05, 3.63) is 59.2 Å². The predicted octanol–water partition coefficient (Wildman–Crippen LogP) is 5.24. The number of amidine groups is 1. The van der Waals surface area contributed by atoms with Gasteiger partial charge >= 0.3 is 0 Å². The van der Waals surface area contributed by atoms with Crippen LogP contribution in [-0.4, -0.2) is 41.2 Å². The van der Waals surface area contributed by atoms with Crippen molar-refractivity contribution in [2.24, 2.45) is 10.1 Å². The molecule has 1 amide bonds. The third-order valence-electron chi connectivity index (χ3n) is 5.63. The number of thioether (sulfide) groups is 1. The fourth-order valence-electron chi connectivity index (χ4n) is 4.27. The summed E-state index contributed by atoms with van der Waals surface area (Å²) in [6, 6.07) is 14.7. The lowest BCUT2D eigenvalue weighted by atomic mass is 9.93. The number of fused-ring (bicyclic) bond motifs is 1. The van der Waals surface area contributed by atoms with Gasteiger partial charge in [-0.2, -0.15) is 5.10 Å². The molecule has 0 unspecified atom stereocenters. The SMILES string of the molecule is COc1ccccc1/C(=N/C(C)C)N1CCCc2cc(C3=NNC(=O)SC3(C)C)ccc21. The quantitative estimate of drug-likeness (QED) is 0.511. The summed E-state index contributed by atoms with van der Waals surface area (Å²) in [4.78, 5) is 19.1. The lowest BCUT2D eigenvalue weighted by Gasteiger charge is -2.34. The van der Waals surface area contributed by atoms with Crippen molar-refractivity contribution in [1.29, 1.82) is 0 Å². The minimum absolute atomic E-state index is 0.116. The van der Waals surface area contributed by atoms with E-state index in [9.17, 15) is 4.79 Å². The number of hydrogen-bond donors (Lipinski definition) is 1. The molecule has 0 fully saturated rings. The van der Waals surface area contributed by atoms with Crippen LogP contribution in [-0.2, 0) is 6.42 Å². The minimum Gasteiger partial charge on any atom is -0.496 e. The lowest BCUT2D eigenvalue weighted by Crippen LogP contribution is -2.39. The molecule has 0 saturated heterocycles. The number of carbonyl (C=O) groups excluding carboxylic acids is 1. The molecule has 0 aliphatic carbocycles. The molecule has 168 valence electrons. The number of aliphatic imine (C=N–C) groups is 1. The second kappa shape index (κ2) is 8.98. The molecular weight excluding hydrogens is 420 g/mol. The van der Waals surface area contributed by atoms with Crippen molar-refractivity contribution in [2.75, 3.05) is 18.6 Å². The maximum Gasteiger partial charge on any atom is 0.300 e. The van der Waals surface area contributed by atoms with Crippen molar-refractivity contribution in [3.8, 4) is 5.75 Å². The number of aryl methyl sites for hydroxylation is 1. The van der Waals surface area contributed by atoms with Crippen LogP contribution in [0.4, 0.5) is 10.5 Å². The molecule has 0 radical (unpaired) electrons. The highest BCUT2D eigenvalue weighted by Gasteiger charge is 2.35. The van der Waals surface area contributed by atoms with Gasteiger partial charge in [-0.05, 0) is 75.9 Å². The van der Waals surface area contributed by atoms with E-state index in [-0.39, 0.29) is 16.0 Å². The summed E-state index contributed by atoms with van der Waals surface area (Å²) in [7, 11) is 1.70. The number of carbonyl (C=O) groups is 1. The Morgan fingerprint density at radius 1 is 1.25 bits per heavy atom. The second-order valence-corrected chi connectivity index (χ2v) is 10.4. The van der Waals surface area contributed by atoms with Crippen LogP contribution in [0.15, 0.2) is 52.6 Å². The number of benzene rings is 2. The Morgan fingerprint density at radius 2 is 2.03 bits per heavy atom. The molecule has 6 nitrogen and oxygen atoms in total.